The first-order valence-corrected chi connectivity index (χ1v) is 9.90. The number of hydrogen-bond donors (Lipinski definition) is 2. The molecule has 0 aromatic heterocycles. The maximum absolute atomic E-state index is 13.3. The summed E-state index contributed by atoms with van der Waals surface area (Å²) in [6.07, 6.45) is 4.14. The van der Waals surface area contributed by atoms with E-state index < -0.39 is 11.0 Å². The molecule has 1 atom stereocenters. The lowest BCUT2D eigenvalue weighted by atomic mass is 9.77. The topological polar surface area (TPSA) is 58.6 Å². The van der Waals surface area contributed by atoms with Gasteiger partial charge in [0.25, 0.3) is 0 Å². The Kier molecular flexibility index (Phi) is 4.87. The van der Waals surface area contributed by atoms with Gasteiger partial charge in [-0.1, -0.05) is 54.8 Å². The number of benzene rings is 2. The predicted octanol–water partition coefficient (Wildman–Crippen LogP) is 3.94. The van der Waals surface area contributed by atoms with E-state index in [1.165, 1.54) is 0 Å². The highest BCUT2D eigenvalue weighted by Gasteiger charge is 2.44. The Bertz CT molecular complexity index is 830. The molecular formula is C22H24ClNO3. The van der Waals surface area contributed by atoms with Crippen LogP contribution in [0.5, 0.6) is 5.75 Å². The molecule has 27 heavy (non-hydrogen) atoms. The molecule has 0 radical (unpaired) electrons. The van der Waals surface area contributed by atoms with Gasteiger partial charge in [0.1, 0.15) is 11.4 Å². The van der Waals surface area contributed by atoms with Crippen LogP contribution in [0, 0.1) is 0 Å². The smallest absolute Gasteiger partial charge is 0.230 e. The number of carbonyl (C=O) groups is 1. The number of carbonyl (C=O) groups excluding carboxylic acids is 1. The largest absolute Gasteiger partial charge is 0.493 e. The first-order chi connectivity index (χ1) is 13.0. The minimum atomic E-state index is -1.11. The second-order valence-electron chi connectivity index (χ2n) is 7.60. The van der Waals surface area contributed by atoms with E-state index in [0.29, 0.717) is 23.8 Å². The minimum absolute atomic E-state index is 0.0141. The van der Waals surface area contributed by atoms with Gasteiger partial charge in [0, 0.05) is 17.0 Å². The van der Waals surface area contributed by atoms with Crippen molar-refractivity contribution < 1.29 is 14.6 Å². The lowest BCUT2D eigenvalue weighted by Crippen LogP contribution is -2.49. The highest BCUT2D eigenvalue weighted by atomic mass is 35.5. The van der Waals surface area contributed by atoms with Crippen LogP contribution in [-0.2, 0) is 15.8 Å². The summed E-state index contributed by atoms with van der Waals surface area (Å²) in [5, 5.41) is 14.9. The Hall–Kier alpha value is -2.04. The zero-order valence-corrected chi connectivity index (χ0v) is 16.0. The summed E-state index contributed by atoms with van der Waals surface area (Å²) in [5.41, 5.74) is 0.0976. The maximum Gasteiger partial charge on any atom is 0.230 e. The van der Waals surface area contributed by atoms with E-state index >= 15 is 0 Å². The van der Waals surface area contributed by atoms with Crippen molar-refractivity contribution in [3.63, 3.8) is 0 Å². The van der Waals surface area contributed by atoms with E-state index in [9.17, 15) is 9.90 Å². The van der Waals surface area contributed by atoms with Crippen LogP contribution in [-0.4, -0.2) is 24.2 Å². The van der Waals surface area contributed by atoms with Crippen LogP contribution < -0.4 is 10.1 Å². The summed E-state index contributed by atoms with van der Waals surface area (Å²) in [6.45, 7) is 0.618. The summed E-state index contributed by atoms with van der Waals surface area (Å²) in [5.74, 6) is 0.675. The Labute approximate surface area is 164 Å². The molecular weight excluding hydrogens is 362 g/mol. The zero-order chi connectivity index (χ0) is 18.9. The van der Waals surface area contributed by atoms with Crippen molar-refractivity contribution >= 4 is 17.5 Å². The van der Waals surface area contributed by atoms with Crippen molar-refractivity contribution in [2.24, 2.45) is 0 Å². The number of amides is 1. The third-order valence-corrected chi connectivity index (χ3v) is 6.24. The molecule has 1 saturated carbocycles. The van der Waals surface area contributed by atoms with Crippen molar-refractivity contribution in [2.75, 3.05) is 13.2 Å². The quantitative estimate of drug-likeness (QED) is 0.838. The second kappa shape index (κ2) is 7.17. The van der Waals surface area contributed by atoms with Crippen LogP contribution in [0.4, 0.5) is 0 Å². The molecule has 0 saturated heterocycles. The molecule has 1 heterocycles. The molecule has 2 aromatic carbocycles. The molecule has 4 rings (SSSR count). The summed E-state index contributed by atoms with van der Waals surface area (Å²) in [4.78, 5) is 13.3. The van der Waals surface area contributed by atoms with Crippen molar-refractivity contribution in [1.29, 1.82) is 0 Å². The summed E-state index contributed by atoms with van der Waals surface area (Å²) >= 11 is 6.03. The molecule has 2 aromatic rings. The monoisotopic (exact) mass is 385 g/mol. The van der Waals surface area contributed by atoms with Gasteiger partial charge in [-0.25, -0.2) is 0 Å². The number of aliphatic hydroxyl groups is 1. The average molecular weight is 386 g/mol. The van der Waals surface area contributed by atoms with E-state index in [0.717, 1.165) is 36.8 Å². The summed E-state index contributed by atoms with van der Waals surface area (Å²) in [6, 6.07) is 15.1. The second-order valence-corrected chi connectivity index (χ2v) is 8.04. The van der Waals surface area contributed by atoms with Crippen molar-refractivity contribution in [3.05, 3.63) is 64.7 Å². The van der Waals surface area contributed by atoms with Gasteiger partial charge in [-0.3, -0.25) is 4.79 Å². The molecule has 0 spiro atoms. The number of nitrogens with one attached hydrogen (secondary N) is 1. The molecule has 1 aliphatic carbocycles. The van der Waals surface area contributed by atoms with Crippen LogP contribution in [0.25, 0.3) is 0 Å². The first-order valence-electron chi connectivity index (χ1n) is 9.53. The number of fused-ring (bicyclic) bond motifs is 1. The highest BCUT2D eigenvalue weighted by molar-refractivity contribution is 6.30. The molecule has 4 nitrogen and oxygen atoms in total. The van der Waals surface area contributed by atoms with Crippen molar-refractivity contribution in [1.82, 2.24) is 5.32 Å². The zero-order valence-electron chi connectivity index (χ0n) is 15.2. The van der Waals surface area contributed by atoms with Crippen LogP contribution in [0.2, 0.25) is 5.02 Å². The molecule has 0 bridgehead atoms. The third-order valence-electron chi connectivity index (χ3n) is 5.99. The molecule has 0 unspecified atom stereocenters. The van der Waals surface area contributed by atoms with Gasteiger partial charge in [-0.2, -0.15) is 0 Å². The fraction of sp³-hybridized carbons (Fsp3) is 0.409. The Morgan fingerprint density at radius 2 is 1.78 bits per heavy atom. The number of rotatable bonds is 4. The van der Waals surface area contributed by atoms with E-state index in [1.54, 1.807) is 0 Å². The molecule has 1 amide bonds. The lowest BCUT2D eigenvalue weighted by Gasteiger charge is -2.36. The highest BCUT2D eigenvalue weighted by Crippen LogP contribution is 2.42. The molecule has 5 heteroatoms. The van der Waals surface area contributed by atoms with Crippen LogP contribution in [0.3, 0.4) is 0 Å². The van der Waals surface area contributed by atoms with Crippen LogP contribution in [0.15, 0.2) is 48.5 Å². The molecule has 2 N–H and O–H groups in total. The van der Waals surface area contributed by atoms with Crippen LogP contribution >= 0.6 is 11.6 Å². The molecule has 1 aliphatic heterocycles. The normalized spacial score (nSPS) is 23.3. The van der Waals surface area contributed by atoms with E-state index in [-0.39, 0.29) is 12.5 Å². The maximum atomic E-state index is 13.3. The van der Waals surface area contributed by atoms with Gasteiger partial charge >= 0.3 is 0 Å². The fourth-order valence-electron chi connectivity index (χ4n) is 4.42. The first kappa shape index (κ1) is 18.3. The summed E-state index contributed by atoms with van der Waals surface area (Å²) < 4.78 is 5.64. The Morgan fingerprint density at radius 1 is 1.07 bits per heavy atom. The number of para-hydroxylation sites is 1. The SMILES string of the molecule is O=C(NC[C@@]1(O)CCOc2ccccc21)C1(c2ccc(Cl)cc2)CCCC1. The third kappa shape index (κ3) is 3.32. The van der Waals surface area contributed by atoms with Gasteiger partial charge in [0.15, 0.2) is 0 Å². The van der Waals surface area contributed by atoms with Crippen LogP contribution in [0.1, 0.15) is 43.2 Å². The summed E-state index contributed by atoms with van der Waals surface area (Å²) in [7, 11) is 0. The minimum Gasteiger partial charge on any atom is -0.493 e. The van der Waals surface area contributed by atoms with E-state index in [4.69, 9.17) is 16.3 Å². The van der Waals surface area contributed by atoms with E-state index in [1.807, 2.05) is 48.5 Å². The van der Waals surface area contributed by atoms with Gasteiger partial charge < -0.3 is 15.2 Å². The molecule has 142 valence electrons. The van der Waals surface area contributed by atoms with Crippen molar-refractivity contribution in [3.8, 4) is 5.75 Å². The van der Waals surface area contributed by atoms with Gasteiger partial charge in [0.2, 0.25) is 5.91 Å². The van der Waals surface area contributed by atoms with Gasteiger partial charge in [-0.15, -0.1) is 0 Å². The van der Waals surface area contributed by atoms with Crippen molar-refractivity contribution in [2.45, 2.75) is 43.1 Å². The predicted molar refractivity (Wildman–Crippen MR) is 105 cm³/mol. The number of halogens is 1. The fourth-order valence-corrected chi connectivity index (χ4v) is 4.54. The molecule has 2 aliphatic rings. The molecule has 1 fully saturated rings. The average Bonchev–Trinajstić information content (AvgIpc) is 3.18. The number of ether oxygens (including phenoxy) is 1. The number of hydrogen-bond acceptors (Lipinski definition) is 3. The standard InChI is InChI=1S/C22H24ClNO3/c23-17-9-7-16(8-10-17)21(11-3-4-12-21)20(25)24-15-22(26)13-14-27-19-6-2-1-5-18(19)22/h1-2,5-10,26H,3-4,11-15H2,(H,24,25)/t22-/m0/s1. The Balaban J connectivity index is 1.55. The van der Waals surface area contributed by atoms with Gasteiger partial charge in [-0.05, 0) is 36.6 Å². The lowest BCUT2D eigenvalue weighted by molar-refractivity contribution is -0.128. The van der Waals surface area contributed by atoms with E-state index in [2.05, 4.69) is 5.32 Å². The van der Waals surface area contributed by atoms with Gasteiger partial charge in [0.05, 0.1) is 18.6 Å². The Morgan fingerprint density at radius 3 is 2.52 bits per heavy atom.